The third kappa shape index (κ3) is 5.52. The molecule has 0 saturated carbocycles. The molecule has 1 fully saturated rings. The van der Waals surface area contributed by atoms with Gasteiger partial charge in [0.2, 0.25) is 11.9 Å². The van der Waals surface area contributed by atoms with Crippen molar-refractivity contribution in [2.75, 3.05) is 32.2 Å². The maximum atomic E-state index is 12.6. The van der Waals surface area contributed by atoms with Gasteiger partial charge in [0.1, 0.15) is 24.1 Å². The van der Waals surface area contributed by atoms with Crippen molar-refractivity contribution >= 4 is 28.9 Å². The summed E-state index contributed by atoms with van der Waals surface area (Å²) < 4.78 is 18.2. The molecule has 0 aliphatic carbocycles. The Kier molecular flexibility index (Phi) is 7.90. The largest absolute Gasteiger partial charge is 0.484 e. The number of aliphatic hydroxyl groups excluding tert-OH is 2. The van der Waals surface area contributed by atoms with E-state index in [0.717, 1.165) is 0 Å². The number of aromatic nitrogens is 4. The number of amides is 2. The Bertz CT molecular complexity index is 1260. The zero-order valence-electron chi connectivity index (χ0n) is 19.3. The Labute approximate surface area is 204 Å². The van der Waals surface area contributed by atoms with Gasteiger partial charge in [-0.15, -0.1) is 0 Å². The van der Waals surface area contributed by atoms with Gasteiger partial charge in [-0.05, 0) is 12.1 Å². The fourth-order valence-corrected chi connectivity index (χ4v) is 3.69. The monoisotopic (exact) mass is 502 g/mol. The van der Waals surface area contributed by atoms with Crippen LogP contribution in [0.25, 0.3) is 11.2 Å². The summed E-state index contributed by atoms with van der Waals surface area (Å²) in [6.07, 6.45) is -2.90. The molecule has 1 aromatic carbocycles. The second kappa shape index (κ2) is 11.3. The molecule has 2 amide bonds. The molecule has 4 rings (SSSR count). The van der Waals surface area contributed by atoms with Crippen molar-refractivity contribution in [2.45, 2.75) is 31.0 Å². The molecular weight excluding hydrogens is 476 g/mol. The smallest absolute Gasteiger partial charge is 0.280 e. The summed E-state index contributed by atoms with van der Waals surface area (Å²) in [5, 5.41) is 25.1. The molecule has 5 N–H and O–H groups in total. The molecular formula is C22H26N6O8. The van der Waals surface area contributed by atoms with E-state index in [4.69, 9.17) is 14.2 Å². The van der Waals surface area contributed by atoms with Crippen molar-refractivity contribution in [3.05, 3.63) is 47.0 Å². The number of nitrogens with one attached hydrogen (secondary N) is 3. The zero-order valence-corrected chi connectivity index (χ0v) is 19.3. The fourth-order valence-electron chi connectivity index (χ4n) is 3.69. The van der Waals surface area contributed by atoms with Crippen molar-refractivity contribution in [3.63, 3.8) is 0 Å². The highest BCUT2D eigenvalue weighted by molar-refractivity contribution is 5.90. The van der Waals surface area contributed by atoms with Crippen LogP contribution in [0.1, 0.15) is 12.6 Å². The number of hydrogen-bond donors (Lipinski definition) is 5. The van der Waals surface area contributed by atoms with Crippen molar-refractivity contribution in [1.82, 2.24) is 24.8 Å². The summed E-state index contributed by atoms with van der Waals surface area (Å²) in [5.74, 6) is -0.460. The van der Waals surface area contributed by atoms with Crippen molar-refractivity contribution in [3.8, 4) is 5.75 Å². The number of H-pyrrole nitrogens is 1. The van der Waals surface area contributed by atoms with E-state index < -0.39 is 42.6 Å². The van der Waals surface area contributed by atoms with Gasteiger partial charge >= 0.3 is 0 Å². The minimum Gasteiger partial charge on any atom is -0.484 e. The number of benzene rings is 1. The van der Waals surface area contributed by atoms with Crippen LogP contribution in [0.2, 0.25) is 0 Å². The number of hydrogen-bond acceptors (Lipinski definition) is 10. The van der Waals surface area contributed by atoms with Crippen LogP contribution in [0.5, 0.6) is 5.75 Å². The van der Waals surface area contributed by atoms with Gasteiger partial charge in [-0.1, -0.05) is 18.2 Å². The van der Waals surface area contributed by atoms with Crippen LogP contribution in [-0.2, 0) is 19.1 Å². The Morgan fingerprint density at radius 3 is 2.75 bits per heavy atom. The quantitative estimate of drug-likeness (QED) is 0.228. The van der Waals surface area contributed by atoms with Gasteiger partial charge in [-0.25, -0.2) is 4.98 Å². The van der Waals surface area contributed by atoms with E-state index in [1.807, 2.05) is 6.07 Å². The Morgan fingerprint density at radius 1 is 1.25 bits per heavy atom. The van der Waals surface area contributed by atoms with Crippen molar-refractivity contribution in [2.24, 2.45) is 0 Å². The van der Waals surface area contributed by atoms with Crippen LogP contribution in [0.3, 0.4) is 0 Å². The lowest BCUT2D eigenvalue weighted by atomic mass is 10.1. The summed E-state index contributed by atoms with van der Waals surface area (Å²) >= 11 is 0. The SMILES string of the molecule is CNC(=O)CCO[C@@H]1[C@H](O)[C@@H](CO)O[C@H]1n1cnc2c(=O)[nH]c(NC(=O)COc3ccccc3)nc21. The third-order valence-electron chi connectivity index (χ3n) is 5.49. The second-order valence-electron chi connectivity index (χ2n) is 7.89. The number of rotatable bonds is 10. The maximum Gasteiger partial charge on any atom is 0.280 e. The molecule has 1 aliphatic rings. The minimum atomic E-state index is -1.22. The predicted molar refractivity (Wildman–Crippen MR) is 124 cm³/mol. The zero-order chi connectivity index (χ0) is 25.7. The first-order chi connectivity index (χ1) is 17.4. The third-order valence-corrected chi connectivity index (χ3v) is 5.49. The van der Waals surface area contributed by atoms with Gasteiger partial charge in [0, 0.05) is 13.5 Å². The van der Waals surface area contributed by atoms with Crippen LogP contribution in [0.15, 0.2) is 41.5 Å². The fraction of sp³-hybridized carbons (Fsp3) is 0.409. The van der Waals surface area contributed by atoms with Gasteiger partial charge in [0.25, 0.3) is 11.5 Å². The standard InChI is InChI=1S/C22H26N6O8/c1-23-14(30)7-8-34-18-17(32)13(9-29)36-21(18)28-11-24-16-19(28)26-22(27-20(16)33)25-15(31)10-35-12-5-3-2-4-6-12/h2-6,11,13,17-18,21,29,32H,7-10H2,1H3,(H,23,30)(H2,25,26,27,31,33)/t13-,17-,18-,21-/m1/s1. The molecule has 14 nitrogen and oxygen atoms in total. The van der Waals surface area contributed by atoms with Crippen molar-refractivity contribution in [1.29, 1.82) is 0 Å². The lowest BCUT2D eigenvalue weighted by Crippen LogP contribution is -2.36. The predicted octanol–water partition coefficient (Wildman–Crippen LogP) is -1.09. The number of aliphatic hydroxyl groups is 2. The summed E-state index contributed by atoms with van der Waals surface area (Å²) in [6.45, 7) is -0.832. The van der Waals surface area contributed by atoms with Crippen LogP contribution >= 0.6 is 0 Å². The van der Waals surface area contributed by atoms with E-state index in [0.29, 0.717) is 5.75 Å². The van der Waals surface area contributed by atoms with Gasteiger partial charge < -0.3 is 29.7 Å². The summed E-state index contributed by atoms with van der Waals surface area (Å²) in [5.41, 5.74) is -0.607. The number of carbonyl (C=O) groups excluding carboxylic acids is 2. The molecule has 3 heterocycles. The Hall–Kier alpha value is -3.85. The van der Waals surface area contributed by atoms with E-state index in [1.165, 1.54) is 17.9 Å². The maximum absolute atomic E-state index is 12.6. The number of imidazole rings is 1. The first-order valence-electron chi connectivity index (χ1n) is 11.1. The Balaban J connectivity index is 1.54. The number of fused-ring (bicyclic) bond motifs is 1. The summed E-state index contributed by atoms with van der Waals surface area (Å²) in [6, 6.07) is 8.73. The lowest BCUT2D eigenvalue weighted by Gasteiger charge is -2.22. The average Bonchev–Trinajstić information content (AvgIpc) is 3.44. The minimum absolute atomic E-state index is 0.0250. The molecule has 4 atom stereocenters. The molecule has 1 aliphatic heterocycles. The van der Waals surface area contributed by atoms with Gasteiger partial charge in [-0.3, -0.25) is 29.3 Å². The van der Waals surface area contributed by atoms with Crippen molar-refractivity contribution < 1.29 is 34.0 Å². The van der Waals surface area contributed by atoms with Gasteiger partial charge in [0.05, 0.1) is 19.5 Å². The number of carbonyl (C=O) groups is 2. The molecule has 14 heteroatoms. The highest BCUT2D eigenvalue weighted by atomic mass is 16.6. The number of nitrogens with zero attached hydrogens (tertiary/aromatic N) is 3. The molecule has 0 radical (unpaired) electrons. The van der Waals surface area contributed by atoms with E-state index in [9.17, 15) is 24.6 Å². The number of para-hydroxylation sites is 1. The summed E-state index contributed by atoms with van der Waals surface area (Å²) in [7, 11) is 1.49. The van der Waals surface area contributed by atoms with E-state index in [-0.39, 0.29) is 42.7 Å². The van der Waals surface area contributed by atoms with Crippen LogP contribution in [-0.4, -0.2) is 86.7 Å². The molecule has 3 aromatic rings. The number of aromatic amines is 1. The molecule has 0 unspecified atom stereocenters. The number of ether oxygens (including phenoxy) is 3. The lowest BCUT2D eigenvalue weighted by molar-refractivity contribution is -0.124. The molecule has 0 bridgehead atoms. The highest BCUT2D eigenvalue weighted by Gasteiger charge is 2.46. The molecule has 2 aromatic heterocycles. The molecule has 36 heavy (non-hydrogen) atoms. The second-order valence-corrected chi connectivity index (χ2v) is 7.89. The van der Waals surface area contributed by atoms with Gasteiger partial charge in [0.15, 0.2) is 24.0 Å². The normalized spacial score (nSPS) is 21.4. The first kappa shape index (κ1) is 25.2. The molecule has 192 valence electrons. The summed E-state index contributed by atoms with van der Waals surface area (Å²) in [4.78, 5) is 47.2. The van der Waals surface area contributed by atoms with Crippen LogP contribution in [0.4, 0.5) is 5.95 Å². The van der Waals surface area contributed by atoms with E-state index >= 15 is 0 Å². The topological polar surface area (TPSA) is 190 Å². The first-order valence-corrected chi connectivity index (χ1v) is 11.1. The Morgan fingerprint density at radius 2 is 2.03 bits per heavy atom. The highest BCUT2D eigenvalue weighted by Crippen LogP contribution is 2.33. The molecule has 0 spiro atoms. The number of anilines is 1. The van der Waals surface area contributed by atoms with Crippen LogP contribution in [0, 0.1) is 0 Å². The van der Waals surface area contributed by atoms with Gasteiger partial charge in [-0.2, -0.15) is 4.98 Å². The van der Waals surface area contributed by atoms with E-state index in [1.54, 1.807) is 24.3 Å². The average molecular weight is 502 g/mol. The van der Waals surface area contributed by atoms with Crippen LogP contribution < -0.4 is 20.9 Å². The molecule has 1 saturated heterocycles. The van der Waals surface area contributed by atoms with E-state index in [2.05, 4.69) is 25.6 Å².